The van der Waals surface area contributed by atoms with Gasteiger partial charge in [-0.1, -0.05) is 11.6 Å². The molecule has 0 N–H and O–H groups in total. The highest BCUT2D eigenvalue weighted by atomic mass is 16.5. The standard InChI is InChI=1S/C14H18O2/c1-9(2)6-12(15)14-11(4)7-10(3)8-13(14)16-5/h6-8H,1-5H3. The second-order valence-electron chi connectivity index (χ2n) is 4.25. The average molecular weight is 218 g/mol. The smallest absolute Gasteiger partial charge is 0.189 e. The van der Waals surface area contributed by atoms with Gasteiger partial charge in [0.25, 0.3) is 0 Å². The highest BCUT2D eigenvalue weighted by Gasteiger charge is 2.13. The Labute approximate surface area is 96.9 Å². The van der Waals surface area contributed by atoms with Gasteiger partial charge in [-0.2, -0.15) is 0 Å². The number of carbonyl (C=O) groups excluding carboxylic acids is 1. The van der Waals surface area contributed by atoms with Gasteiger partial charge < -0.3 is 4.74 Å². The molecular weight excluding hydrogens is 200 g/mol. The Morgan fingerprint density at radius 3 is 2.38 bits per heavy atom. The number of methoxy groups -OCH3 is 1. The zero-order valence-corrected chi connectivity index (χ0v) is 10.5. The second kappa shape index (κ2) is 4.97. The Kier molecular flexibility index (Phi) is 3.88. The number of carbonyl (C=O) groups is 1. The fraction of sp³-hybridized carbons (Fsp3) is 0.357. The molecule has 0 fully saturated rings. The molecule has 1 aromatic rings. The molecule has 0 atom stereocenters. The first-order valence-electron chi connectivity index (χ1n) is 5.30. The normalized spacial score (nSPS) is 9.81. The van der Waals surface area contributed by atoms with Crippen LogP contribution in [0.25, 0.3) is 0 Å². The maximum Gasteiger partial charge on any atom is 0.189 e. The van der Waals surface area contributed by atoms with Crippen molar-refractivity contribution >= 4 is 5.78 Å². The molecular formula is C14H18O2. The Balaban J connectivity index is 3.32. The van der Waals surface area contributed by atoms with Crippen LogP contribution in [-0.4, -0.2) is 12.9 Å². The molecule has 0 aliphatic carbocycles. The lowest BCUT2D eigenvalue weighted by atomic mass is 9.99. The van der Waals surface area contributed by atoms with Gasteiger partial charge in [-0.05, 0) is 51.0 Å². The van der Waals surface area contributed by atoms with Crippen molar-refractivity contribution in [1.82, 2.24) is 0 Å². The van der Waals surface area contributed by atoms with E-state index >= 15 is 0 Å². The minimum Gasteiger partial charge on any atom is -0.496 e. The number of ether oxygens (including phenoxy) is 1. The summed E-state index contributed by atoms with van der Waals surface area (Å²) in [6, 6.07) is 3.88. The molecule has 0 aliphatic rings. The molecule has 0 spiro atoms. The van der Waals surface area contributed by atoms with E-state index in [1.165, 1.54) is 0 Å². The van der Waals surface area contributed by atoms with Gasteiger partial charge in [0.2, 0.25) is 0 Å². The van der Waals surface area contributed by atoms with Crippen LogP contribution in [0.1, 0.15) is 35.3 Å². The maximum absolute atomic E-state index is 12.0. The third kappa shape index (κ3) is 2.72. The first kappa shape index (κ1) is 12.5. The number of aryl methyl sites for hydroxylation is 2. The zero-order valence-electron chi connectivity index (χ0n) is 10.5. The van der Waals surface area contributed by atoms with E-state index in [4.69, 9.17) is 4.74 Å². The molecule has 1 rings (SSSR count). The summed E-state index contributed by atoms with van der Waals surface area (Å²) in [4.78, 5) is 12.0. The quantitative estimate of drug-likeness (QED) is 0.573. The van der Waals surface area contributed by atoms with E-state index in [0.29, 0.717) is 11.3 Å². The van der Waals surface area contributed by atoms with Crippen molar-refractivity contribution in [3.63, 3.8) is 0 Å². The fourth-order valence-corrected chi connectivity index (χ4v) is 1.74. The molecule has 0 radical (unpaired) electrons. The van der Waals surface area contributed by atoms with Crippen molar-refractivity contribution in [2.24, 2.45) is 0 Å². The zero-order chi connectivity index (χ0) is 12.3. The largest absolute Gasteiger partial charge is 0.496 e. The molecule has 0 saturated carbocycles. The summed E-state index contributed by atoms with van der Waals surface area (Å²) in [7, 11) is 1.59. The number of benzene rings is 1. The van der Waals surface area contributed by atoms with Crippen molar-refractivity contribution in [2.45, 2.75) is 27.7 Å². The van der Waals surface area contributed by atoms with Crippen LogP contribution in [0.3, 0.4) is 0 Å². The van der Waals surface area contributed by atoms with Crippen LogP contribution in [0.2, 0.25) is 0 Å². The molecule has 0 unspecified atom stereocenters. The molecule has 1 aromatic carbocycles. The van der Waals surface area contributed by atoms with Crippen LogP contribution in [0.15, 0.2) is 23.8 Å². The third-order valence-electron chi connectivity index (χ3n) is 2.33. The lowest BCUT2D eigenvalue weighted by molar-refractivity contribution is 0.104. The van der Waals surface area contributed by atoms with Gasteiger partial charge >= 0.3 is 0 Å². The van der Waals surface area contributed by atoms with Crippen LogP contribution in [0.5, 0.6) is 5.75 Å². The van der Waals surface area contributed by atoms with Gasteiger partial charge in [0, 0.05) is 0 Å². The SMILES string of the molecule is COc1cc(C)cc(C)c1C(=O)C=C(C)C. The maximum atomic E-state index is 12.0. The van der Waals surface area contributed by atoms with Crippen LogP contribution in [-0.2, 0) is 0 Å². The highest BCUT2D eigenvalue weighted by Crippen LogP contribution is 2.25. The van der Waals surface area contributed by atoms with Crippen LogP contribution >= 0.6 is 0 Å². The van der Waals surface area contributed by atoms with E-state index in [9.17, 15) is 4.79 Å². The summed E-state index contributed by atoms with van der Waals surface area (Å²) >= 11 is 0. The molecule has 0 aliphatic heterocycles. The molecule has 0 saturated heterocycles. The van der Waals surface area contributed by atoms with Gasteiger partial charge in [0.05, 0.1) is 12.7 Å². The summed E-state index contributed by atoms with van der Waals surface area (Å²) in [5, 5.41) is 0. The van der Waals surface area contributed by atoms with Crippen molar-refractivity contribution in [3.8, 4) is 5.75 Å². The first-order chi connectivity index (χ1) is 7.45. The molecule has 0 aromatic heterocycles. The van der Waals surface area contributed by atoms with Crippen molar-refractivity contribution in [2.75, 3.05) is 7.11 Å². The topological polar surface area (TPSA) is 26.3 Å². The predicted octanol–water partition coefficient (Wildman–Crippen LogP) is 3.46. The van der Waals surface area contributed by atoms with Gasteiger partial charge in [-0.25, -0.2) is 0 Å². The first-order valence-corrected chi connectivity index (χ1v) is 5.30. The van der Waals surface area contributed by atoms with Crippen molar-refractivity contribution in [3.05, 3.63) is 40.5 Å². The molecule has 2 heteroatoms. The molecule has 0 heterocycles. The minimum absolute atomic E-state index is 0.00866. The number of allylic oxidation sites excluding steroid dienone is 2. The monoisotopic (exact) mass is 218 g/mol. The molecule has 86 valence electrons. The van der Waals surface area contributed by atoms with E-state index in [1.54, 1.807) is 13.2 Å². The average Bonchev–Trinajstić information content (AvgIpc) is 2.14. The molecule has 2 nitrogen and oxygen atoms in total. The fourth-order valence-electron chi connectivity index (χ4n) is 1.74. The van der Waals surface area contributed by atoms with Crippen LogP contribution in [0.4, 0.5) is 0 Å². The summed E-state index contributed by atoms with van der Waals surface area (Å²) in [6.45, 7) is 7.74. The Morgan fingerprint density at radius 1 is 1.25 bits per heavy atom. The van der Waals surface area contributed by atoms with E-state index < -0.39 is 0 Å². The lowest BCUT2D eigenvalue weighted by Gasteiger charge is -2.10. The summed E-state index contributed by atoms with van der Waals surface area (Å²) < 4.78 is 5.26. The Hall–Kier alpha value is -1.57. The van der Waals surface area contributed by atoms with E-state index in [2.05, 4.69) is 0 Å². The Morgan fingerprint density at radius 2 is 1.88 bits per heavy atom. The van der Waals surface area contributed by atoms with E-state index in [0.717, 1.165) is 16.7 Å². The number of hydrogen-bond donors (Lipinski definition) is 0. The van der Waals surface area contributed by atoms with Gasteiger partial charge in [-0.3, -0.25) is 4.79 Å². The molecule has 16 heavy (non-hydrogen) atoms. The number of hydrogen-bond acceptors (Lipinski definition) is 2. The third-order valence-corrected chi connectivity index (χ3v) is 2.33. The highest BCUT2D eigenvalue weighted by molar-refractivity contribution is 6.08. The van der Waals surface area contributed by atoms with Crippen LogP contribution < -0.4 is 4.74 Å². The summed E-state index contributed by atoms with van der Waals surface area (Å²) in [5.74, 6) is 0.661. The van der Waals surface area contributed by atoms with Gasteiger partial charge in [-0.15, -0.1) is 0 Å². The lowest BCUT2D eigenvalue weighted by Crippen LogP contribution is -2.03. The van der Waals surface area contributed by atoms with Crippen LogP contribution in [0, 0.1) is 13.8 Å². The summed E-state index contributed by atoms with van der Waals surface area (Å²) in [5.41, 5.74) is 3.71. The van der Waals surface area contributed by atoms with Gasteiger partial charge in [0.15, 0.2) is 5.78 Å². The number of rotatable bonds is 3. The predicted molar refractivity (Wildman–Crippen MR) is 66.2 cm³/mol. The summed E-state index contributed by atoms with van der Waals surface area (Å²) in [6.07, 6.45) is 1.64. The van der Waals surface area contributed by atoms with Crippen molar-refractivity contribution in [1.29, 1.82) is 0 Å². The Bertz CT molecular complexity index is 438. The van der Waals surface area contributed by atoms with Crippen molar-refractivity contribution < 1.29 is 9.53 Å². The van der Waals surface area contributed by atoms with Gasteiger partial charge in [0.1, 0.15) is 5.75 Å². The van der Waals surface area contributed by atoms with E-state index in [-0.39, 0.29) is 5.78 Å². The van der Waals surface area contributed by atoms with E-state index in [1.807, 2.05) is 39.8 Å². The molecule has 0 bridgehead atoms. The number of ketones is 1. The molecule has 0 amide bonds. The minimum atomic E-state index is 0.00866. The second-order valence-corrected chi connectivity index (χ2v) is 4.25.